The molecule has 1 aromatic carbocycles. The van der Waals surface area contributed by atoms with Crippen LogP contribution >= 0.6 is 0 Å². The molecule has 3 heterocycles. The van der Waals surface area contributed by atoms with Crippen molar-refractivity contribution in [1.82, 2.24) is 15.1 Å². The summed E-state index contributed by atoms with van der Waals surface area (Å²) in [6.07, 6.45) is 0. The average Bonchev–Trinajstić information content (AvgIpc) is 3.15. The normalized spacial score (nSPS) is 12.2. The van der Waals surface area contributed by atoms with Crippen LogP contribution in [0.5, 0.6) is 11.5 Å². The van der Waals surface area contributed by atoms with Gasteiger partial charge in [0.1, 0.15) is 11.6 Å². The third-order valence-corrected chi connectivity index (χ3v) is 3.37. The van der Waals surface area contributed by atoms with Crippen LogP contribution in [-0.2, 0) is 0 Å². The zero-order valence-electron chi connectivity index (χ0n) is 13.2. The van der Waals surface area contributed by atoms with Crippen LogP contribution in [0, 0.1) is 13.8 Å². The Morgan fingerprint density at radius 2 is 1.79 bits per heavy atom. The van der Waals surface area contributed by atoms with E-state index in [4.69, 9.17) is 14.0 Å². The van der Waals surface area contributed by atoms with Crippen molar-refractivity contribution in [3.05, 3.63) is 41.8 Å². The number of anilines is 4. The number of nitrogens with zero attached hydrogens (tertiary/aromatic N) is 3. The van der Waals surface area contributed by atoms with Gasteiger partial charge in [-0.2, -0.15) is 4.98 Å². The van der Waals surface area contributed by atoms with Gasteiger partial charge in [-0.15, -0.1) is 0 Å². The van der Waals surface area contributed by atoms with Crippen LogP contribution in [0.25, 0.3) is 0 Å². The third-order valence-electron chi connectivity index (χ3n) is 3.37. The zero-order chi connectivity index (χ0) is 16.5. The van der Waals surface area contributed by atoms with Crippen molar-refractivity contribution in [3.63, 3.8) is 0 Å². The number of fused-ring (bicyclic) bond motifs is 1. The Hall–Kier alpha value is -3.29. The molecule has 0 bridgehead atoms. The maximum absolute atomic E-state index is 5.37. The molecular weight excluding hydrogens is 310 g/mol. The van der Waals surface area contributed by atoms with Gasteiger partial charge in [0.15, 0.2) is 17.3 Å². The van der Waals surface area contributed by atoms with Gasteiger partial charge in [-0.25, -0.2) is 4.98 Å². The van der Waals surface area contributed by atoms with Gasteiger partial charge in [-0.05, 0) is 26.0 Å². The van der Waals surface area contributed by atoms with Crippen molar-refractivity contribution in [3.8, 4) is 11.5 Å². The predicted octanol–water partition coefficient (Wildman–Crippen LogP) is 3.30. The molecule has 3 aromatic rings. The van der Waals surface area contributed by atoms with Gasteiger partial charge >= 0.3 is 0 Å². The summed E-state index contributed by atoms with van der Waals surface area (Å²) in [6.45, 7) is 3.96. The van der Waals surface area contributed by atoms with Crippen molar-refractivity contribution in [2.24, 2.45) is 0 Å². The molecule has 1 aliphatic heterocycles. The van der Waals surface area contributed by atoms with Gasteiger partial charge in [0.05, 0.1) is 0 Å². The lowest BCUT2D eigenvalue weighted by Crippen LogP contribution is -2.02. The monoisotopic (exact) mass is 325 g/mol. The molecule has 24 heavy (non-hydrogen) atoms. The first-order valence-electron chi connectivity index (χ1n) is 7.38. The molecule has 122 valence electrons. The van der Waals surface area contributed by atoms with Gasteiger partial charge < -0.3 is 24.6 Å². The van der Waals surface area contributed by atoms with Gasteiger partial charge in [0.2, 0.25) is 12.7 Å². The fraction of sp³-hybridized carbons (Fsp3) is 0.188. The minimum Gasteiger partial charge on any atom is -0.454 e. The minimum absolute atomic E-state index is 0.241. The molecule has 0 saturated heterocycles. The summed E-state index contributed by atoms with van der Waals surface area (Å²) < 4.78 is 15.7. The summed E-state index contributed by atoms with van der Waals surface area (Å²) in [4.78, 5) is 8.83. The standard InChI is InChI=1S/C16H15N5O3/c1-9-5-14(19-15-6-10(2)24-21-15)20-16(17-9)18-11-3-4-12-13(7-11)23-8-22-12/h3-7H,8H2,1-2H3,(H2,17,18,19,20,21). The van der Waals surface area contributed by atoms with Gasteiger partial charge in [-0.1, -0.05) is 5.16 Å². The van der Waals surface area contributed by atoms with E-state index in [2.05, 4.69) is 25.8 Å². The van der Waals surface area contributed by atoms with Crippen molar-refractivity contribution in [2.45, 2.75) is 13.8 Å². The molecule has 8 nitrogen and oxygen atoms in total. The maximum atomic E-state index is 5.37. The lowest BCUT2D eigenvalue weighted by molar-refractivity contribution is 0.174. The van der Waals surface area contributed by atoms with E-state index in [1.807, 2.05) is 38.1 Å². The Morgan fingerprint density at radius 1 is 0.917 bits per heavy atom. The van der Waals surface area contributed by atoms with E-state index in [1.165, 1.54) is 0 Å². The smallest absolute Gasteiger partial charge is 0.231 e. The van der Waals surface area contributed by atoms with Crippen LogP contribution in [0.15, 0.2) is 34.9 Å². The molecule has 2 N–H and O–H groups in total. The first-order valence-corrected chi connectivity index (χ1v) is 7.38. The van der Waals surface area contributed by atoms with Crippen molar-refractivity contribution < 1.29 is 14.0 Å². The number of aryl methyl sites for hydroxylation is 2. The maximum Gasteiger partial charge on any atom is 0.231 e. The average molecular weight is 325 g/mol. The molecule has 0 aliphatic carbocycles. The molecule has 0 unspecified atom stereocenters. The molecule has 4 rings (SSSR count). The predicted molar refractivity (Wildman–Crippen MR) is 87.1 cm³/mol. The summed E-state index contributed by atoms with van der Waals surface area (Å²) in [5, 5.41) is 10.2. The first kappa shape index (κ1) is 14.3. The summed E-state index contributed by atoms with van der Waals surface area (Å²) in [5.41, 5.74) is 1.63. The Kier molecular flexibility index (Phi) is 3.42. The number of nitrogens with one attached hydrogen (secondary N) is 2. The molecule has 1 aliphatic rings. The molecule has 2 aromatic heterocycles. The molecule has 0 saturated carbocycles. The van der Waals surface area contributed by atoms with E-state index >= 15 is 0 Å². The Morgan fingerprint density at radius 3 is 2.62 bits per heavy atom. The van der Waals surface area contributed by atoms with Crippen LogP contribution in [0.3, 0.4) is 0 Å². The molecule has 0 spiro atoms. The van der Waals surface area contributed by atoms with Crippen LogP contribution in [0.1, 0.15) is 11.5 Å². The lowest BCUT2D eigenvalue weighted by Gasteiger charge is -2.09. The van der Waals surface area contributed by atoms with Crippen molar-refractivity contribution in [1.29, 1.82) is 0 Å². The fourth-order valence-corrected chi connectivity index (χ4v) is 2.35. The van der Waals surface area contributed by atoms with E-state index < -0.39 is 0 Å². The number of rotatable bonds is 4. The third kappa shape index (κ3) is 2.94. The highest BCUT2D eigenvalue weighted by atomic mass is 16.7. The van der Waals surface area contributed by atoms with Crippen LogP contribution < -0.4 is 20.1 Å². The van der Waals surface area contributed by atoms with Gasteiger partial charge in [0, 0.05) is 29.6 Å². The summed E-state index contributed by atoms with van der Waals surface area (Å²) in [7, 11) is 0. The largest absolute Gasteiger partial charge is 0.454 e. The topological polar surface area (TPSA) is 94.3 Å². The minimum atomic E-state index is 0.241. The molecule has 0 fully saturated rings. The van der Waals surface area contributed by atoms with Crippen LogP contribution in [0.4, 0.5) is 23.3 Å². The number of aromatic nitrogens is 3. The quantitative estimate of drug-likeness (QED) is 0.754. The summed E-state index contributed by atoms with van der Waals surface area (Å²) in [5.74, 6) is 3.84. The summed E-state index contributed by atoms with van der Waals surface area (Å²) in [6, 6.07) is 9.20. The SMILES string of the molecule is Cc1cc(Nc2cc(C)on2)nc(Nc2ccc3c(c2)OCO3)n1. The number of hydrogen-bond donors (Lipinski definition) is 2. The molecule has 0 radical (unpaired) electrons. The van der Waals surface area contributed by atoms with Crippen LogP contribution in [-0.4, -0.2) is 21.9 Å². The molecule has 0 amide bonds. The zero-order valence-corrected chi connectivity index (χ0v) is 13.2. The fourth-order valence-electron chi connectivity index (χ4n) is 2.35. The van der Waals surface area contributed by atoms with E-state index in [-0.39, 0.29) is 6.79 Å². The Labute approximate surface area is 137 Å². The van der Waals surface area contributed by atoms with Crippen molar-refractivity contribution >= 4 is 23.3 Å². The van der Waals surface area contributed by atoms with Gasteiger partial charge in [-0.3, -0.25) is 0 Å². The number of benzene rings is 1. The van der Waals surface area contributed by atoms with Crippen LogP contribution in [0.2, 0.25) is 0 Å². The van der Waals surface area contributed by atoms with E-state index in [0.29, 0.717) is 23.3 Å². The highest BCUT2D eigenvalue weighted by Gasteiger charge is 2.14. The Balaban J connectivity index is 1.56. The molecular formula is C16H15N5O3. The highest BCUT2D eigenvalue weighted by Crippen LogP contribution is 2.34. The highest BCUT2D eigenvalue weighted by molar-refractivity contribution is 5.62. The van der Waals surface area contributed by atoms with E-state index in [9.17, 15) is 0 Å². The van der Waals surface area contributed by atoms with E-state index in [0.717, 1.165) is 22.9 Å². The first-order chi connectivity index (χ1) is 11.7. The second kappa shape index (κ2) is 5.73. The second-order valence-corrected chi connectivity index (χ2v) is 5.36. The molecule has 0 atom stereocenters. The van der Waals surface area contributed by atoms with Gasteiger partial charge in [0.25, 0.3) is 0 Å². The summed E-state index contributed by atoms with van der Waals surface area (Å²) >= 11 is 0. The Bertz CT molecular complexity index is 893. The van der Waals surface area contributed by atoms with E-state index in [1.54, 1.807) is 6.07 Å². The van der Waals surface area contributed by atoms with Crippen molar-refractivity contribution in [2.75, 3.05) is 17.4 Å². The number of ether oxygens (including phenoxy) is 2. The second-order valence-electron chi connectivity index (χ2n) is 5.36. The lowest BCUT2D eigenvalue weighted by atomic mass is 10.3. The number of hydrogen-bond acceptors (Lipinski definition) is 8. The molecule has 8 heteroatoms.